The van der Waals surface area contributed by atoms with E-state index in [2.05, 4.69) is 31.0 Å². The molecular weight excluding hydrogens is 153 g/mol. The Kier molecular flexibility index (Phi) is 7.26. The van der Waals surface area contributed by atoms with E-state index in [0.29, 0.717) is 0 Å². The minimum atomic E-state index is -2.60. The molecule has 0 aromatic rings. The summed E-state index contributed by atoms with van der Waals surface area (Å²) in [6.07, 6.45) is 0. The van der Waals surface area contributed by atoms with Crippen LogP contribution >= 0.6 is 8.25 Å². The molecule has 0 radical (unpaired) electrons. The Morgan fingerprint density at radius 3 is 1.60 bits per heavy atom. The second kappa shape index (κ2) is 5.74. The Bertz CT molecular complexity index is 93.6. The molecule has 0 heterocycles. The highest BCUT2D eigenvalue weighted by molar-refractivity contribution is 7.30. The van der Waals surface area contributed by atoms with Crippen molar-refractivity contribution in [3.05, 3.63) is 0 Å². The lowest BCUT2D eigenvalue weighted by Crippen LogP contribution is -2.67. The molecule has 1 unspecified atom stereocenters. The Balaban J connectivity index is 0. The smallest absolute Gasteiger partial charge is 0.488 e. The summed E-state index contributed by atoms with van der Waals surface area (Å²) in [5, 5.41) is 0. The Morgan fingerprint density at radius 2 is 1.60 bits per heavy atom. The van der Waals surface area contributed by atoms with Crippen LogP contribution < -0.4 is 10.6 Å². The van der Waals surface area contributed by atoms with Crippen molar-refractivity contribution < 1.29 is 19.7 Å². The third kappa shape index (κ3) is 99.2. The van der Waals surface area contributed by atoms with Crippen molar-refractivity contribution in [1.29, 1.82) is 0 Å². The summed E-state index contributed by atoms with van der Waals surface area (Å²) in [6, 6.07) is 0. The van der Waals surface area contributed by atoms with Gasteiger partial charge in [-0.3, -0.25) is 0 Å². The summed E-state index contributed by atoms with van der Waals surface area (Å²) in [5.41, 5.74) is 4.02. The zero-order valence-corrected chi connectivity index (χ0v) is 7.77. The van der Waals surface area contributed by atoms with Gasteiger partial charge in [-0.25, -0.2) is 0 Å². The lowest BCUT2D eigenvalue weighted by Gasteiger charge is -2.01. The highest BCUT2D eigenvalue weighted by Gasteiger charge is 2.00. The number of quaternary nitrogens is 1. The van der Waals surface area contributed by atoms with Crippen molar-refractivity contribution in [3.8, 4) is 0 Å². The van der Waals surface area contributed by atoms with Crippen molar-refractivity contribution in [2.75, 3.05) is 7.11 Å². The largest absolute Gasteiger partial charge is 0.566 e. The molecule has 0 saturated heterocycles. The van der Waals surface area contributed by atoms with Gasteiger partial charge in [-0.05, 0) is 25.3 Å². The topological polar surface area (TPSA) is 77.0 Å². The van der Waals surface area contributed by atoms with E-state index in [-0.39, 0.29) is 5.54 Å². The first-order chi connectivity index (χ1) is 4.27. The predicted octanol–water partition coefficient (Wildman–Crippen LogP) is -0.323. The van der Waals surface area contributed by atoms with Crippen LogP contribution in [0.25, 0.3) is 0 Å². The SMILES string of the molecule is CC(C)(C)[NH3+].CO[P+](=O)[O-]. The van der Waals surface area contributed by atoms with Gasteiger partial charge < -0.3 is 10.6 Å². The summed E-state index contributed by atoms with van der Waals surface area (Å²) in [5.74, 6) is 0. The third-order valence-corrected chi connectivity index (χ3v) is 0.447. The van der Waals surface area contributed by atoms with Crippen LogP contribution in [-0.4, -0.2) is 12.6 Å². The molecule has 0 aromatic carbocycles. The Labute approximate surface area is 62.3 Å². The summed E-state index contributed by atoms with van der Waals surface area (Å²) >= 11 is 0. The number of hydrogen-bond donors (Lipinski definition) is 1. The van der Waals surface area contributed by atoms with Gasteiger partial charge in [0.1, 0.15) is 0 Å². The van der Waals surface area contributed by atoms with Gasteiger partial charge in [-0.1, -0.05) is 0 Å². The van der Waals surface area contributed by atoms with Crippen LogP contribution in [0.5, 0.6) is 0 Å². The average Bonchev–Trinajstić information content (AvgIpc) is 1.61. The minimum absolute atomic E-state index is 0.250. The summed E-state index contributed by atoms with van der Waals surface area (Å²) < 4.78 is 12.9. The average molecular weight is 168 g/mol. The maximum atomic E-state index is 9.18. The maximum Gasteiger partial charge on any atom is 0.488 e. The monoisotopic (exact) mass is 168 g/mol. The van der Waals surface area contributed by atoms with Crippen molar-refractivity contribution in [1.82, 2.24) is 0 Å². The maximum absolute atomic E-state index is 9.18. The third-order valence-electron chi connectivity index (χ3n) is 0.149. The van der Waals surface area contributed by atoms with Crippen LogP contribution in [0.4, 0.5) is 0 Å². The van der Waals surface area contributed by atoms with E-state index >= 15 is 0 Å². The van der Waals surface area contributed by atoms with Gasteiger partial charge in [0.05, 0.1) is 12.6 Å². The second-order valence-electron chi connectivity index (χ2n) is 2.97. The highest BCUT2D eigenvalue weighted by atomic mass is 31.1. The fourth-order valence-corrected chi connectivity index (χ4v) is 0. The van der Waals surface area contributed by atoms with Crippen LogP contribution in [0.1, 0.15) is 20.8 Å². The molecule has 0 aliphatic heterocycles. The van der Waals surface area contributed by atoms with Gasteiger partial charge in [-0.2, -0.15) is 4.52 Å². The van der Waals surface area contributed by atoms with Gasteiger partial charge in [0.2, 0.25) is 0 Å². The number of hydrogen-bond acceptors (Lipinski definition) is 3. The molecule has 0 spiro atoms. The molecule has 10 heavy (non-hydrogen) atoms. The number of rotatable bonds is 1. The molecule has 62 valence electrons. The van der Waals surface area contributed by atoms with Crippen LogP contribution in [0.3, 0.4) is 0 Å². The molecule has 0 saturated carbocycles. The Morgan fingerprint density at radius 1 is 1.50 bits per heavy atom. The van der Waals surface area contributed by atoms with Crippen molar-refractivity contribution in [2.24, 2.45) is 0 Å². The predicted molar refractivity (Wildman–Crippen MR) is 37.3 cm³/mol. The lowest BCUT2D eigenvalue weighted by atomic mass is 10.1. The molecular formula is C5H15NO3P+. The van der Waals surface area contributed by atoms with E-state index in [1.54, 1.807) is 0 Å². The van der Waals surface area contributed by atoms with Crippen molar-refractivity contribution >= 4 is 8.25 Å². The van der Waals surface area contributed by atoms with E-state index in [9.17, 15) is 9.46 Å². The van der Waals surface area contributed by atoms with E-state index in [1.807, 2.05) is 0 Å². The summed E-state index contributed by atoms with van der Waals surface area (Å²) in [6.45, 7) is 6.23. The summed E-state index contributed by atoms with van der Waals surface area (Å²) in [4.78, 5) is 9.18. The minimum Gasteiger partial charge on any atom is -0.566 e. The molecule has 0 fully saturated rings. The molecule has 0 bridgehead atoms. The first kappa shape index (κ1) is 12.6. The van der Waals surface area contributed by atoms with Gasteiger partial charge in [0, 0.05) is 0 Å². The van der Waals surface area contributed by atoms with Gasteiger partial charge in [0.25, 0.3) is 0 Å². The van der Waals surface area contributed by atoms with Gasteiger partial charge in [-0.15, -0.1) is 0 Å². The van der Waals surface area contributed by atoms with Crippen LogP contribution in [-0.2, 0) is 9.09 Å². The molecule has 0 aromatic heterocycles. The molecule has 0 aliphatic carbocycles. The fraction of sp³-hybridized carbons (Fsp3) is 1.00. The molecule has 1 atom stereocenters. The van der Waals surface area contributed by atoms with Crippen LogP contribution in [0, 0.1) is 0 Å². The molecule has 3 N–H and O–H groups in total. The zero-order valence-electron chi connectivity index (χ0n) is 6.88. The molecule has 5 heteroatoms. The fourth-order valence-electron chi connectivity index (χ4n) is 0. The van der Waals surface area contributed by atoms with Crippen molar-refractivity contribution in [2.45, 2.75) is 26.3 Å². The highest BCUT2D eigenvalue weighted by Crippen LogP contribution is 2.02. The van der Waals surface area contributed by atoms with Crippen LogP contribution in [0.2, 0.25) is 0 Å². The first-order valence-electron chi connectivity index (χ1n) is 2.81. The van der Waals surface area contributed by atoms with Gasteiger partial charge >= 0.3 is 8.25 Å². The lowest BCUT2D eigenvalue weighted by molar-refractivity contribution is -0.458. The van der Waals surface area contributed by atoms with Gasteiger partial charge in [0.15, 0.2) is 0 Å². The van der Waals surface area contributed by atoms with Crippen LogP contribution in [0.15, 0.2) is 0 Å². The normalized spacial score (nSPS) is 11.6. The standard InChI is InChI=1S/C4H11N.CH3O3P/c1-4(2,3)5;1-4-5(2)3/h5H2,1-3H3;1H3/p+1. The quantitative estimate of drug-likeness (QED) is 0.545. The van der Waals surface area contributed by atoms with Crippen molar-refractivity contribution in [3.63, 3.8) is 0 Å². The van der Waals surface area contributed by atoms with E-state index in [0.717, 1.165) is 7.11 Å². The zero-order chi connectivity index (χ0) is 8.78. The second-order valence-corrected chi connectivity index (χ2v) is 3.78. The summed E-state index contributed by atoms with van der Waals surface area (Å²) in [7, 11) is -1.50. The van der Waals surface area contributed by atoms with E-state index in [4.69, 9.17) is 0 Å². The molecule has 0 amide bonds. The first-order valence-corrected chi connectivity index (χ1v) is 3.90. The van der Waals surface area contributed by atoms with E-state index < -0.39 is 8.25 Å². The molecule has 0 rings (SSSR count). The molecule has 0 aliphatic rings. The molecule has 4 nitrogen and oxygen atoms in total. The Hall–Kier alpha value is -0.0200. The van der Waals surface area contributed by atoms with E-state index in [1.165, 1.54) is 0 Å².